The van der Waals surface area contributed by atoms with E-state index in [0.717, 1.165) is 4.90 Å². The summed E-state index contributed by atoms with van der Waals surface area (Å²) in [6.45, 7) is 4.55. The average molecular weight is 464 g/mol. The predicted molar refractivity (Wildman–Crippen MR) is 125 cm³/mol. The molecular formula is C26H22F2N2O4. The highest BCUT2D eigenvalue weighted by Crippen LogP contribution is 2.36. The number of hydrogen-bond donors (Lipinski definition) is 1. The van der Waals surface area contributed by atoms with Gasteiger partial charge in [-0.25, -0.2) is 13.7 Å². The van der Waals surface area contributed by atoms with Crippen LogP contribution in [0.4, 0.5) is 20.2 Å². The summed E-state index contributed by atoms with van der Waals surface area (Å²) >= 11 is 0. The molecule has 3 aromatic rings. The third-order valence-corrected chi connectivity index (χ3v) is 5.11. The molecule has 8 heteroatoms. The number of rotatable bonds is 8. The molecule has 2 amide bonds. The highest BCUT2D eigenvalue weighted by atomic mass is 19.1. The highest BCUT2D eigenvalue weighted by molar-refractivity contribution is 6.46. The quantitative estimate of drug-likeness (QED) is 0.467. The van der Waals surface area contributed by atoms with Gasteiger partial charge in [0.1, 0.15) is 17.3 Å². The van der Waals surface area contributed by atoms with Crippen LogP contribution in [0.5, 0.6) is 11.5 Å². The lowest BCUT2D eigenvalue weighted by Crippen LogP contribution is -2.32. The van der Waals surface area contributed by atoms with Crippen molar-refractivity contribution in [2.24, 2.45) is 0 Å². The van der Waals surface area contributed by atoms with Crippen molar-refractivity contribution in [3.63, 3.8) is 0 Å². The largest absolute Gasteiger partial charge is 0.490 e. The molecule has 0 saturated carbocycles. The topological polar surface area (TPSA) is 67.9 Å². The lowest BCUT2D eigenvalue weighted by Gasteiger charge is -2.16. The summed E-state index contributed by atoms with van der Waals surface area (Å²) < 4.78 is 38.2. The molecule has 34 heavy (non-hydrogen) atoms. The van der Waals surface area contributed by atoms with E-state index in [2.05, 4.69) is 5.32 Å². The van der Waals surface area contributed by atoms with Gasteiger partial charge in [0.05, 0.1) is 24.5 Å². The van der Waals surface area contributed by atoms with Gasteiger partial charge in [-0.1, -0.05) is 12.1 Å². The van der Waals surface area contributed by atoms with Gasteiger partial charge in [-0.3, -0.25) is 9.59 Å². The Kier molecular flexibility index (Phi) is 6.58. The van der Waals surface area contributed by atoms with E-state index < -0.39 is 23.4 Å². The smallest absolute Gasteiger partial charge is 0.282 e. The Morgan fingerprint density at radius 2 is 1.35 bits per heavy atom. The number of nitrogens with zero attached hydrogens (tertiary/aromatic N) is 1. The summed E-state index contributed by atoms with van der Waals surface area (Å²) in [5, 5.41) is 3.03. The molecule has 3 aromatic carbocycles. The number of halogens is 2. The van der Waals surface area contributed by atoms with Gasteiger partial charge in [-0.2, -0.15) is 0 Å². The van der Waals surface area contributed by atoms with Crippen LogP contribution >= 0.6 is 0 Å². The van der Waals surface area contributed by atoms with Crippen molar-refractivity contribution < 1.29 is 27.8 Å². The number of anilines is 2. The van der Waals surface area contributed by atoms with Crippen LogP contribution in [0, 0.1) is 11.6 Å². The fourth-order valence-corrected chi connectivity index (χ4v) is 3.63. The molecule has 0 fully saturated rings. The zero-order valence-electron chi connectivity index (χ0n) is 18.6. The summed E-state index contributed by atoms with van der Waals surface area (Å²) in [5.74, 6) is -1.18. The first kappa shape index (κ1) is 23.0. The molecule has 0 atom stereocenters. The van der Waals surface area contributed by atoms with Crippen molar-refractivity contribution in [2.75, 3.05) is 23.4 Å². The van der Waals surface area contributed by atoms with Crippen molar-refractivity contribution >= 4 is 28.8 Å². The molecule has 4 rings (SSSR count). The number of carbonyl (C=O) groups excluding carboxylic acids is 2. The number of ether oxygens (including phenoxy) is 2. The van der Waals surface area contributed by atoms with Crippen LogP contribution in [-0.2, 0) is 9.59 Å². The highest BCUT2D eigenvalue weighted by Gasteiger charge is 2.40. The molecule has 6 nitrogen and oxygen atoms in total. The van der Waals surface area contributed by atoms with E-state index in [-0.39, 0.29) is 17.0 Å². The van der Waals surface area contributed by atoms with Gasteiger partial charge >= 0.3 is 0 Å². The number of nitrogens with one attached hydrogen (secondary N) is 1. The molecule has 0 aliphatic carbocycles. The van der Waals surface area contributed by atoms with Crippen molar-refractivity contribution in [1.82, 2.24) is 0 Å². The Morgan fingerprint density at radius 3 is 1.97 bits per heavy atom. The van der Waals surface area contributed by atoms with E-state index in [0.29, 0.717) is 36.0 Å². The number of benzene rings is 3. The molecule has 1 aliphatic heterocycles. The second-order valence-corrected chi connectivity index (χ2v) is 7.33. The van der Waals surface area contributed by atoms with Crippen molar-refractivity contribution in [3.8, 4) is 11.5 Å². The lowest BCUT2D eigenvalue weighted by atomic mass is 10.0. The Balaban J connectivity index is 1.78. The molecule has 0 aromatic heterocycles. The van der Waals surface area contributed by atoms with Crippen LogP contribution in [0.25, 0.3) is 5.57 Å². The molecular weight excluding hydrogens is 442 g/mol. The first-order chi connectivity index (χ1) is 16.4. The first-order valence-corrected chi connectivity index (χ1v) is 10.7. The third-order valence-electron chi connectivity index (χ3n) is 5.11. The van der Waals surface area contributed by atoms with Gasteiger partial charge in [0.2, 0.25) is 0 Å². The molecule has 0 spiro atoms. The van der Waals surface area contributed by atoms with E-state index in [1.807, 2.05) is 13.8 Å². The SMILES string of the molecule is CCOc1ccc(NC2=C(c3ccc(F)cc3)C(=O)N(c3ccc(F)cc3)C2=O)cc1OCC. The van der Waals surface area contributed by atoms with Gasteiger partial charge in [0, 0.05) is 11.8 Å². The van der Waals surface area contributed by atoms with Crippen molar-refractivity contribution in [3.05, 3.63) is 89.6 Å². The van der Waals surface area contributed by atoms with E-state index in [1.165, 1.54) is 48.5 Å². The van der Waals surface area contributed by atoms with Crippen molar-refractivity contribution in [1.29, 1.82) is 0 Å². The Labute approximate surface area is 195 Å². The zero-order valence-corrected chi connectivity index (χ0v) is 18.6. The van der Waals surface area contributed by atoms with Crippen LogP contribution in [-0.4, -0.2) is 25.0 Å². The summed E-state index contributed by atoms with van der Waals surface area (Å²) in [4.78, 5) is 27.7. The maximum absolute atomic E-state index is 13.5. The van der Waals surface area contributed by atoms with Crippen LogP contribution in [0.1, 0.15) is 19.4 Å². The van der Waals surface area contributed by atoms with Crippen LogP contribution < -0.4 is 19.7 Å². The van der Waals surface area contributed by atoms with Crippen LogP contribution in [0.3, 0.4) is 0 Å². The van der Waals surface area contributed by atoms with Gasteiger partial charge in [-0.05, 0) is 67.9 Å². The van der Waals surface area contributed by atoms with Gasteiger partial charge in [0.15, 0.2) is 11.5 Å². The van der Waals surface area contributed by atoms with Crippen molar-refractivity contribution in [2.45, 2.75) is 13.8 Å². The third kappa shape index (κ3) is 4.47. The minimum atomic E-state index is -0.622. The van der Waals surface area contributed by atoms with Crippen LogP contribution in [0.15, 0.2) is 72.4 Å². The van der Waals surface area contributed by atoms with Crippen LogP contribution in [0.2, 0.25) is 0 Å². The summed E-state index contributed by atoms with van der Waals surface area (Å²) in [6.07, 6.45) is 0. The molecule has 0 saturated heterocycles. The standard InChI is InChI=1S/C26H22F2N2O4/c1-3-33-21-14-11-19(15-22(21)34-4-2)29-24-23(16-5-7-17(27)8-6-16)25(31)30(26(24)32)20-12-9-18(28)10-13-20/h5-15,29H,3-4H2,1-2H3. The minimum absolute atomic E-state index is 0.00698. The van der Waals surface area contributed by atoms with E-state index in [1.54, 1.807) is 18.2 Å². The second kappa shape index (κ2) is 9.74. The van der Waals surface area contributed by atoms with Gasteiger partial charge in [-0.15, -0.1) is 0 Å². The minimum Gasteiger partial charge on any atom is -0.490 e. The molecule has 1 aliphatic rings. The zero-order chi connectivity index (χ0) is 24.2. The maximum atomic E-state index is 13.5. The lowest BCUT2D eigenvalue weighted by molar-refractivity contribution is -0.120. The molecule has 1 N–H and O–H groups in total. The van der Waals surface area contributed by atoms with Gasteiger partial charge in [0.25, 0.3) is 11.8 Å². The Morgan fingerprint density at radius 1 is 0.765 bits per heavy atom. The van der Waals surface area contributed by atoms with E-state index in [9.17, 15) is 18.4 Å². The fraction of sp³-hybridized carbons (Fsp3) is 0.154. The van der Waals surface area contributed by atoms with E-state index in [4.69, 9.17) is 9.47 Å². The first-order valence-electron chi connectivity index (χ1n) is 10.7. The number of carbonyl (C=O) groups is 2. The number of imide groups is 1. The summed E-state index contributed by atoms with van der Waals surface area (Å²) in [5.41, 5.74) is 1.15. The summed E-state index contributed by atoms with van der Waals surface area (Å²) in [7, 11) is 0. The number of hydrogen-bond acceptors (Lipinski definition) is 5. The Hall–Kier alpha value is -4.20. The maximum Gasteiger partial charge on any atom is 0.282 e. The molecule has 1 heterocycles. The predicted octanol–water partition coefficient (Wildman–Crippen LogP) is 5.16. The fourth-order valence-electron chi connectivity index (χ4n) is 3.63. The monoisotopic (exact) mass is 464 g/mol. The number of amides is 2. The van der Waals surface area contributed by atoms with E-state index >= 15 is 0 Å². The molecule has 174 valence electrons. The average Bonchev–Trinajstić information content (AvgIpc) is 3.06. The van der Waals surface area contributed by atoms with Gasteiger partial charge < -0.3 is 14.8 Å². The Bertz CT molecular complexity index is 1250. The molecule has 0 bridgehead atoms. The second-order valence-electron chi connectivity index (χ2n) is 7.33. The summed E-state index contributed by atoms with van der Waals surface area (Å²) in [6, 6.07) is 15.4. The normalized spacial score (nSPS) is 13.5. The molecule has 0 radical (unpaired) electrons. The molecule has 0 unspecified atom stereocenters.